The third-order valence-electron chi connectivity index (χ3n) is 1.61. The monoisotopic (exact) mass is 228 g/mol. The van der Waals surface area contributed by atoms with Gasteiger partial charge in [0.05, 0.1) is 0 Å². The molecule has 0 aromatic carbocycles. The summed E-state index contributed by atoms with van der Waals surface area (Å²) in [6.45, 7) is 1.07. The number of likely N-dealkylation sites (N-methyl/N-ethyl adjacent to an activating group) is 1. The largest absolute Gasteiger partial charge is 0.309 e. The molecule has 1 rings (SSSR count). The zero-order valence-corrected chi connectivity index (χ0v) is 9.00. The van der Waals surface area contributed by atoms with Crippen LogP contribution in [0, 0.1) is 0 Å². The Balaban J connectivity index is 2.52. The van der Waals surface area contributed by atoms with Crippen molar-refractivity contribution in [1.82, 2.24) is 9.88 Å². The first-order chi connectivity index (χ1) is 5.68. The lowest BCUT2D eigenvalue weighted by molar-refractivity contribution is 0.413. The van der Waals surface area contributed by atoms with Crippen molar-refractivity contribution >= 4 is 15.9 Å². The highest BCUT2D eigenvalue weighted by atomic mass is 79.9. The summed E-state index contributed by atoms with van der Waals surface area (Å²) in [7, 11) is 4.15. The number of hydrogen-bond donors (Lipinski definition) is 0. The van der Waals surface area contributed by atoms with Gasteiger partial charge in [-0.3, -0.25) is 4.98 Å². The van der Waals surface area contributed by atoms with E-state index in [4.69, 9.17) is 0 Å². The topological polar surface area (TPSA) is 16.1 Å². The molecule has 0 unspecified atom stereocenters. The first-order valence-electron chi connectivity index (χ1n) is 3.92. The number of hydrogen-bond acceptors (Lipinski definition) is 2. The number of aromatic nitrogens is 1. The second-order valence-electron chi connectivity index (χ2n) is 3.06. The van der Waals surface area contributed by atoms with E-state index < -0.39 is 0 Å². The van der Waals surface area contributed by atoms with Crippen molar-refractivity contribution in [1.29, 1.82) is 0 Å². The van der Waals surface area contributed by atoms with Crippen molar-refractivity contribution in [2.75, 3.05) is 20.6 Å². The van der Waals surface area contributed by atoms with Gasteiger partial charge >= 0.3 is 0 Å². The predicted octanol–water partition coefficient (Wildman–Crippen LogP) is 1.95. The van der Waals surface area contributed by atoms with E-state index in [0.717, 1.165) is 17.4 Å². The van der Waals surface area contributed by atoms with E-state index in [0.29, 0.717) is 0 Å². The molecule has 0 saturated carbocycles. The Bertz CT molecular complexity index is 248. The third-order valence-corrected chi connectivity index (χ3v) is 2.04. The molecule has 0 N–H and O–H groups in total. The van der Waals surface area contributed by atoms with Crippen molar-refractivity contribution in [2.45, 2.75) is 6.42 Å². The SMILES string of the molecule is CN(C)CCc1cncc(Br)c1. The maximum atomic E-state index is 4.10. The standard InChI is InChI=1S/C9H13BrN2/c1-12(2)4-3-8-5-9(10)7-11-6-8/h5-7H,3-4H2,1-2H3. The van der Waals surface area contributed by atoms with Gasteiger partial charge in [0.1, 0.15) is 0 Å². The average Bonchev–Trinajstić information content (AvgIpc) is 2.01. The van der Waals surface area contributed by atoms with E-state index in [1.54, 1.807) is 6.20 Å². The summed E-state index contributed by atoms with van der Waals surface area (Å²) >= 11 is 3.39. The highest BCUT2D eigenvalue weighted by Gasteiger charge is 1.95. The molecule has 0 bridgehead atoms. The van der Waals surface area contributed by atoms with Crippen molar-refractivity contribution < 1.29 is 0 Å². The highest BCUT2D eigenvalue weighted by Crippen LogP contribution is 2.09. The smallest absolute Gasteiger partial charge is 0.0410 e. The quantitative estimate of drug-likeness (QED) is 0.787. The van der Waals surface area contributed by atoms with Crippen LogP contribution in [0.15, 0.2) is 22.9 Å². The molecule has 0 fully saturated rings. The minimum Gasteiger partial charge on any atom is -0.309 e. The fourth-order valence-corrected chi connectivity index (χ4v) is 1.36. The fourth-order valence-electron chi connectivity index (χ4n) is 0.945. The van der Waals surface area contributed by atoms with Gasteiger partial charge in [-0.15, -0.1) is 0 Å². The Kier molecular flexibility index (Phi) is 3.69. The van der Waals surface area contributed by atoms with E-state index in [2.05, 4.69) is 46.0 Å². The molecule has 3 heteroatoms. The van der Waals surface area contributed by atoms with Gasteiger partial charge in [0.25, 0.3) is 0 Å². The third kappa shape index (κ3) is 3.32. The Hall–Kier alpha value is -0.410. The Morgan fingerprint density at radius 1 is 1.42 bits per heavy atom. The van der Waals surface area contributed by atoms with Crippen LogP contribution in [-0.4, -0.2) is 30.5 Å². The van der Waals surface area contributed by atoms with Crippen LogP contribution in [0.5, 0.6) is 0 Å². The van der Waals surface area contributed by atoms with Crippen LogP contribution < -0.4 is 0 Å². The van der Waals surface area contributed by atoms with E-state index in [1.807, 2.05) is 6.20 Å². The van der Waals surface area contributed by atoms with E-state index in [-0.39, 0.29) is 0 Å². The van der Waals surface area contributed by atoms with Gasteiger partial charge in [-0.25, -0.2) is 0 Å². The lowest BCUT2D eigenvalue weighted by Crippen LogP contribution is -2.15. The fraction of sp³-hybridized carbons (Fsp3) is 0.444. The maximum absolute atomic E-state index is 4.10. The molecule has 1 heterocycles. The van der Waals surface area contributed by atoms with Crippen LogP contribution in [0.2, 0.25) is 0 Å². The molecule has 0 aliphatic rings. The van der Waals surface area contributed by atoms with Crippen molar-refractivity contribution in [3.8, 4) is 0 Å². The molecule has 0 atom stereocenters. The first-order valence-corrected chi connectivity index (χ1v) is 4.72. The van der Waals surface area contributed by atoms with Gasteiger partial charge in [-0.1, -0.05) is 0 Å². The van der Waals surface area contributed by atoms with E-state index in [1.165, 1.54) is 5.56 Å². The molecular formula is C9H13BrN2. The van der Waals surface area contributed by atoms with Gasteiger partial charge in [-0.2, -0.15) is 0 Å². The Morgan fingerprint density at radius 2 is 2.17 bits per heavy atom. The lowest BCUT2D eigenvalue weighted by Gasteiger charge is -2.08. The number of nitrogens with zero attached hydrogens (tertiary/aromatic N) is 2. The second kappa shape index (κ2) is 4.58. The molecule has 0 amide bonds. The number of pyridine rings is 1. The van der Waals surface area contributed by atoms with Gasteiger partial charge in [0.2, 0.25) is 0 Å². The van der Waals surface area contributed by atoms with Gasteiger partial charge in [-0.05, 0) is 48.1 Å². The van der Waals surface area contributed by atoms with Crippen LogP contribution in [0.1, 0.15) is 5.56 Å². The van der Waals surface area contributed by atoms with Crippen LogP contribution in [0.25, 0.3) is 0 Å². The van der Waals surface area contributed by atoms with Crippen LogP contribution in [0.4, 0.5) is 0 Å². The Morgan fingerprint density at radius 3 is 2.75 bits per heavy atom. The van der Waals surface area contributed by atoms with Crippen molar-refractivity contribution in [3.05, 3.63) is 28.5 Å². The van der Waals surface area contributed by atoms with E-state index in [9.17, 15) is 0 Å². The second-order valence-corrected chi connectivity index (χ2v) is 3.98. The number of rotatable bonds is 3. The van der Waals surface area contributed by atoms with Crippen LogP contribution in [0.3, 0.4) is 0 Å². The Labute approximate surface area is 81.7 Å². The van der Waals surface area contributed by atoms with E-state index >= 15 is 0 Å². The van der Waals surface area contributed by atoms with Gasteiger partial charge in [0.15, 0.2) is 0 Å². The summed E-state index contributed by atoms with van der Waals surface area (Å²) in [4.78, 5) is 6.26. The molecule has 0 aliphatic carbocycles. The summed E-state index contributed by atoms with van der Waals surface area (Å²) in [5.41, 5.74) is 1.28. The molecule has 66 valence electrons. The van der Waals surface area contributed by atoms with Crippen molar-refractivity contribution in [3.63, 3.8) is 0 Å². The minimum absolute atomic E-state index is 1.05. The lowest BCUT2D eigenvalue weighted by atomic mass is 10.2. The zero-order valence-electron chi connectivity index (χ0n) is 7.42. The summed E-state index contributed by atoms with van der Waals surface area (Å²) in [5.74, 6) is 0. The molecular weight excluding hydrogens is 216 g/mol. The van der Waals surface area contributed by atoms with Crippen LogP contribution in [-0.2, 0) is 6.42 Å². The summed E-state index contributed by atoms with van der Waals surface area (Å²) in [5, 5.41) is 0. The first kappa shape index (κ1) is 9.68. The maximum Gasteiger partial charge on any atom is 0.0410 e. The molecule has 0 saturated heterocycles. The summed E-state index contributed by atoms with van der Waals surface area (Å²) in [6, 6.07) is 2.11. The molecule has 0 radical (unpaired) electrons. The minimum atomic E-state index is 1.05. The summed E-state index contributed by atoms with van der Waals surface area (Å²) in [6.07, 6.45) is 4.77. The van der Waals surface area contributed by atoms with Gasteiger partial charge < -0.3 is 4.90 Å². The predicted molar refractivity (Wildman–Crippen MR) is 54.2 cm³/mol. The van der Waals surface area contributed by atoms with Crippen LogP contribution >= 0.6 is 15.9 Å². The normalized spacial score (nSPS) is 10.7. The molecule has 2 nitrogen and oxygen atoms in total. The number of halogens is 1. The van der Waals surface area contributed by atoms with Gasteiger partial charge in [0, 0.05) is 23.4 Å². The van der Waals surface area contributed by atoms with Crippen molar-refractivity contribution in [2.24, 2.45) is 0 Å². The molecule has 12 heavy (non-hydrogen) atoms. The highest BCUT2D eigenvalue weighted by molar-refractivity contribution is 9.10. The summed E-state index contributed by atoms with van der Waals surface area (Å²) < 4.78 is 1.05. The zero-order chi connectivity index (χ0) is 8.97. The molecule has 0 aliphatic heterocycles. The molecule has 1 aromatic heterocycles. The molecule has 0 spiro atoms. The average molecular weight is 229 g/mol. The molecule has 1 aromatic rings.